The van der Waals surface area contributed by atoms with Crippen LogP contribution in [0, 0.1) is 19.8 Å². The molecule has 1 aromatic rings. The molecule has 2 rings (SSSR count). The molecule has 1 atom stereocenters. The molecule has 1 unspecified atom stereocenters. The Kier molecular flexibility index (Phi) is 4.64. The molecule has 0 amide bonds. The predicted molar refractivity (Wildman–Crippen MR) is 80.6 cm³/mol. The fraction of sp³-hybridized carbons (Fsp3) is 0.800. The van der Waals surface area contributed by atoms with Gasteiger partial charge in [0.25, 0.3) is 0 Å². The lowest BCUT2D eigenvalue weighted by atomic mass is 9.79. The van der Waals surface area contributed by atoms with Crippen molar-refractivity contribution in [3.8, 4) is 0 Å². The number of aromatic nitrogens is 1. The minimum absolute atomic E-state index is 0.216. The largest absolute Gasteiger partial charge is 0.389 e. The van der Waals surface area contributed by atoms with E-state index in [2.05, 4.69) is 31.1 Å². The van der Waals surface area contributed by atoms with Crippen LogP contribution in [0.3, 0.4) is 0 Å². The van der Waals surface area contributed by atoms with Crippen LogP contribution in [0.4, 0.5) is 0 Å². The number of hydrogen-bond donors (Lipinski definition) is 2. The van der Waals surface area contributed by atoms with E-state index in [1.165, 1.54) is 4.88 Å². The van der Waals surface area contributed by atoms with Gasteiger partial charge in [0.15, 0.2) is 0 Å². The van der Waals surface area contributed by atoms with Crippen molar-refractivity contribution in [1.82, 2.24) is 10.3 Å². The van der Waals surface area contributed by atoms with E-state index in [1.807, 2.05) is 6.92 Å². The molecule has 3 nitrogen and oxygen atoms in total. The van der Waals surface area contributed by atoms with E-state index in [1.54, 1.807) is 11.3 Å². The van der Waals surface area contributed by atoms with Gasteiger partial charge in [0.1, 0.15) is 0 Å². The second-order valence-electron chi connectivity index (χ2n) is 6.18. The Morgan fingerprint density at radius 1 is 1.42 bits per heavy atom. The zero-order valence-electron chi connectivity index (χ0n) is 12.5. The maximum absolute atomic E-state index is 10.6. The Hall–Kier alpha value is -0.450. The molecule has 0 bridgehead atoms. The molecule has 0 radical (unpaired) electrons. The highest BCUT2D eigenvalue weighted by Crippen LogP contribution is 2.32. The van der Waals surface area contributed by atoms with Crippen LogP contribution in [0.1, 0.15) is 61.2 Å². The lowest BCUT2D eigenvalue weighted by molar-refractivity contribution is -0.00792. The highest BCUT2D eigenvalue weighted by atomic mass is 32.1. The summed E-state index contributed by atoms with van der Waals surface area (Å²) in [4.78, 5) is 5.86. The number of aryl methyl sites for hydroxylation is 2. The first-order valence-corrected chi connectivity index (χ1v) is 8.11. The van der Waals surface area contributed by atoms with Crippen LogP contribution in [0.5, 0.6) is 0 Å². The van der Waals surface area contributed by atoms with Gasteiger partial charge in [-0.1, -0.05) is 6.92 Å². The lowest BCUT2D eigenvalue weighted by Crippen LogP contribution is -2.44. The molecule has 1 heterocycles. The van der Waals surface area contributed by atoms with E-state index >= 15 is 0 Å². The molecule has 4 heteroatoms. The molecule has 0 aromatic carbocycles. The number of rotatable bonds is 4. The van der Waals surface area contributed by atoms with Crippen molar-refractivity contribution in [3.63, 3.8) is 0 Å². The first-order chi connectivity index (χ1) is 8.89. The zero-order valence-corrected chi connectivity index (χ0v) is 13.3. The summed E-state index contributed by atoms with van der Waals surface area (Å²) in [5, 5.41) is 15.2. The smallest absolute Gasteiger partial charge is 0.0900 e. The normalized spacial score (nSPS) is 29.4. The quantitative estimate of drug-likeness (QED) is 0.890. The van der Waals surface area contributed by atoms with Crippen molar-refractivity contribution >= 4 is 11.3 Å². The van der Waals surface area contributed by atoms with Crippen molar-refractivity contribution in [2.24, 2.45) is 5.92 Å². The maximum atomic E-state index is 10.6. The molecule has 1 aromatic heterocycles. The van der Waals surface area contributed by atoms with Gasteiger partial charge in [0.2, 0.25) is 0 Å². The molecule has 108 valence electrons. The van der Waals surface area contributed by atoms with Gasteiger partial charge >= 0.3 is 0 Å². The van der Waals surface area contributed by atoms with Gasteiger partial charge in [0, 0.05) is 17.5 Å². The molecular weight excluding hydrogens is 256 g/mol. The zero-order chi connectivity index (χ0) is 14.0. The molecule has 2 N–H and O–H groups in total. The van der Waals surface area contributed by atoms with E-state index in [0.29, 0.717) is 6.54 Å². The summed E-state index contributed by atoms with van der Waals surface area (Å²) in [6.07, 6.45) is 4.12. The van der Waals surface area contributed by atoms with Crippen molar-refractivity contribution in [1.29, 1.82) is 0 Å². The minimum atomic E-state index is -0.514. The average molecular weight is 282 g/mol. The van der Waals surface area contributed by atoms with Gasteiger partial charge in [-0.05, 0) is 52.4 Å². The Balaban J connectivity index is 1.90. The Morgan fingerprint density at radius 3 is 2.58 bits per heavy atom. The van der Waals surface area contributed by atoms with Gasteiger partial charge in [-0.3, -0.25) is 0 Å². The third-order valence-electron chi connectivity index (χ3n) is 4.29. The van der Waals surface area contributed by atoms with E-state index in [9.17, 15) is 5.11 Å². The number of hydrogen-bond acceptors (Lipinski definition) is 4. The van der Waals surface area contributed by atoms with Crippen molar-refractivity contribution in [2.45, 2.75) is 65.0 Å². The number of aliphatic hydroxyl groups is 1. The Labute approximate surface area is 120 Å². The highest BCUT2D eigenvalue weighted by Gasteiger charge is 2.32. The molecule has 0 aliphatic heterocycles. The SMILES string of the molecule is Cc1nc(C(C)NCC2(O)CCC(C)CC2)c(C)s1. The summed E-state index contributed by atoms with van der Waals surface area (Å²) >= 11 is 1.74. The van der Waals surface area contributed by atoms with Crippen LogP contribution in [-0.4, -0.2) is 22.2 Å². The molecule has 1 fully saturated rings. The van der Waals surface area contributed by atoms with Crippen molar-refractivity contribution in [3.05, 3.63) is 15.6 Å². The summed E-state index contributed by atoms with van der Waals surface area (Å²) < 4.78 is 0. The lowest BCUT2D eigenvalue weighted by Gasteiger charge is -2.35. The number of thiazole rings is 1. The summed E-state index contributed by atoms with van der Waals surface area (Å²) in [6, 6.07) is 0.216. The molecule has 0 saturated heterocycles. The second-order valence-corrected chi connectivity index (χ2v) is 7.59. The molecule has 19 heavy (non-hydrogen) atoms. The fourth-order valence-corrected chi connectivity index (χ4v) is 3.78. The van der Waals surface area contributed by atoms with Gasteiger partial charge in [-0.15, -0.1) is 11.3 Å². The van der Waals surface area contributed by atoms with Crippen LogP contribution in [0.15, 0.2) is 0 Å². The van der Waals surface area contributed by atoms with Crippen LogP contribution in [-0.2, 0) is 0 Å². The van der Waals surface area contributed by atoms with E-state index in [4.69, 9.17) is 0 Å². The Morgan fingerprint density at radius 2 is 2.05 bits per heavy atom. The first-order valence-electron chi connectivity index (χ1n) is 7.29. The topological polar surface area (TPSA) is 45.2 Å². The van der Waals surface area contributed by atoms with E-state index < -0.39 is 5.60 Å². The molecule has 1 saturated carbocycles. The summed E-state index contributed by atoms with van der Waals surface area (Å²) in [6.45, 7) is 9.25. The van der Waals surface area contributed by atoms with Crippen molar-refractivity contribution in [2.75, 3.05) is 6.54 Å². The standard InChI is InChI=1S/C15H26N2OS/c1-10-5-7-15(18,8-6-10)9-16-11(2)14-12(3)19-13(4)17-14/h10-11,16,18H,5-9H2,1-4H3. The maximum Gasteiger partial charge on any atom is 0.0900 e. The third kappa shape index (κ3) is 3.77. The summed E-state index contributed by atoms with van der Waals surface area (Å²) in [5.41, 5.74) is 0.620. The number of nitrogens with zero attached hydrogens (tertiary/aromatic N) is 1. The van der Waals surface area contributed by atoms with Gasteiger partial charge in [-0.2, -0.15) is 0 Å². The van der Waals surface area contributed by atoms with Crippen LogP contribution in [0.25, 0.3) is 0 Å². The third-order valence-corrected chi connectivity index (χ3v) is 5.19. The molecule has 1 aliphatic carbocycles. The van der Waals surface area contributed by atoms with Crippen LogP contribution < -0.4 is 5.32 Å². The molecule has 1 aliphatic rings. The minimum Gasteiger partial charge on any atom is -0.389 e. The van der Waals surface area contributed by atoms with Crippen LogP contribution in [0.2, 0.25) is 0 Å². The van der Waals surface area contributed by atoms with Gasteiger partial charge in [0.05, 0.1) is 16.3 Å². The van der Waals surface area contributed by atoms with E-state index in [0.717, 1.165) is 42.3 Å². The fourth-order valence-electron chi connectivity index (χ4n) is 2.86. The summed E-state index contributed by atoms with van der Waals surface area (Å²) in [5.74, 6) is 0.765. The van der Waals surface area contributed by atoms with Gasteiger partial charge < -0.3 is 10.4 Å². The Bertz CT molecular complexity index is 422. The molecule has 0 spiro atoms. The molecular formula is C15H26N2OS. The highest BCUT2D eigenvalue weighted by molar-refractivity contribution is 7.11. The van der Waals surface area contributed by atoms with Gasteiger partial charge in [-0.25, -0.2) is 4.98 Å². The monoisotopic (exact) mass is 282 g/mol. The predicted octanol–water partition coefficient (Wildman–Crippen LogP) is 3.35. The average Bonchev–Trinajstić information content (AvgIpc) is 2.70. The van der Waals surface area contributed by atoms with Crippen LogP contribution >= 0.6 is 11.3 Å². The summed E-state index contributed by atoms with van der Waals surface area (Å²) in [7, 11) is 0. The second kappa shape index (κ2) is 5.90. The first kappa shape index (κ1) is 14.9. The van der Waals surface area contributed by atoms with E-state index in [-0.39, 0.29) is 6.04 Å². The number of nitrogens with one attached hydrogen (secondary N) is 1. The van der Waals surface area contributed by atoms with Crippen molar-refractivity contribution < 1.29 is 5.11 Å².